The summed E-state index contributed by atoms with van der Waals surface area (Å²) in [7, 11) is 0. The van der Waals surface area contributed by atoms with E-state index in [1.54, 1.807) is 53.3 Å². The van der Waals surface area contributed by atoms with Gasteiger partial charge in [-0.25, -0.2) is 4.39 Å². The first-order valence-corrected chi connectivity index (χ1v) is 9.31. The third-order valence-electron chi connectivity index (χ3n) is 4.53. The molecule has 0 aliphatic carbocycles. The highest BCUT2D eigenvalue weighted by Gasteiger charge is 2.11. The highest BCUT2D eigenvalue weighted by atomic mass is 19.1. The Balaban J connectivity index is 1.35. The first kappa shape index (κ1) is 20.0. The summed E-state index contributed by atoms with van der Waals surface area (Å²) in [6.45, 7) is 0.806. The van der Waals surface area contributed by atoms with Crippen molar-refractivity contribution in [2.45, 2.75) is 13.1 Å². The van der Waals surface area contributed by atoms with E-state index in [4.69, 9.17) is 0 Å². The zero-order chi connectivity index (χ0) is 21.8. The van der Waals surface area contributed by atoms with E-state index in [0.29, 0.717) is 24.5 Å². The van der Waals surface area contributed by atoms with Gasteiger partial charge in [0.15, 0.2) is 5.82 Å². The fourth-order valence-electron chi connectivity index (χ4n) is 2.96. The molecule has 4 aromatic rings. The molecule has 0 aliphatic heterocycles. The van der Waals surface area contributed by atoms with Crippen molar-refractivity contribution in [1.82, 2.24) is 19.6 Å². The van der Waals surface area contributed by atoms with E-state index in [-0.39, 0.29) is 17.4 Å². The SMILES string of the molecule is O=C(Nc1ccn(Cc2ccc(F)cc2)n1)c1ccc(Cn2cc([N+](=O)[O-])cn2)cc1. The summed E-state index contributed by atoms with van der Waals surface area (Å²) in [5.41, 5.74) is 2.11. The predicted octanol–water partition coefficient (Wildman–Crippen LogP) is 3.48. The number of amides is 1. The summed E-state index contributed by atoms with van der Waals surface area (Å²) in [6.07, 6.45) is 4.27. The first-order valence-electron chi connectivity index (χ1n) is 9.31. The van der Waals surface area contributed by atoms with Gasteiger partial charge in [-0.2, -0.15) is 10.2 Å². The number of carbonyl (C=O) groups excluding carboxylic acids is 1. The number of halogens is 1. The monoisotopic (exact) mass is 420 g/mol. The molecule has 2 aromatic heterocycles. The van der Waals surface area contributed by atoms with Crippen LogP contribution in [0.15, 0.2) is 73.2 Å². The average Bonchev–Trinajstić information content (AvgIpc) is 3.40. The van der Waals surface area contributed by atoms with Crippen LogP contribution >= 0.6 is 0 Å². The second kappa shape index (κ2) is 8.57. The van der Waals surface area contributed by atoms with Crippen LogP contribution < -0.4 is 5.32 Å². The van der Waals surface area contributed by atoms with E-state index in [1.807, 2.05) is 0 Å². The molecule has 2 heterocycles. The van der Waals surface area contributed by atoms with Gasteiger partial charge >= 0.3 is 5.69 Å². The van der Waals surface area contributed by atoms with Gasteiger partial charge in [-0.3, -0.25) is 24.3 Å². The number of hydrogen-bond donors (Lipinski definition) is 1. The number of nitro groups is 1. The molecule has 0 saturated carbocycles. The highest BCUT2D eigenvalue weighted by molar-refractivity contribution is 6.03. The van der Waals surface area contributed by atoms with Crippen LogP contribution in [-0.4, -0.2) is 30.4 Å². The molecule has 0 unspecified atom stereocenters. The lowest BCUT2D eigenvalue weighted by atomic mass is 10.1. The zero-order valence-electron chi connectivity index (χ0n) is 16.2. The molecule has 0 spiro atoms. The van der Waals surface area contributed by atoms with Gasteiger partial charge < -0.3 is 5.32 Å². The summed E-state index contributed by atoms with van der Waals surface area (Å²) >= 11 is 0. The molecule has 10 heteroatoms. The number of nitrogens with one attached hydrogen (secondary N) is 1. The lowest BCUT2D eigenvalue weighted by Gasteiger charge is -2.05. The molecular formula is C21H17FN6O3. The zero-order valence-corrected chi connectivity index (χ0v) is 16.2. The van der Waals surface area contributed by atoms with Crippen LogP contribution in [0.4, 0.5) is 15.9 Å². The Bertz CT molecular complexity index is 1210. The van der Waals surface area contributed by atoms with Gasteiger partial charge in [0.25, 0.3) is 5.91 Å². The fraction of sp³-hybridized carbons (Fsp3) is 0.0952. The Morgan fingerprint density at radius 3 is 2.29 bits per heavy atom. The van der Waals surface area contributed by atoms with Crippen LogP contribution in [-0.2, 0) is 13.1 Å². The largest absolute Gasteiger partial charge is 0.307 e. The maximum atomic E-state index is 13.0. The molecule has 0 fully saturated rings. The highest BCUT2D eigenvalue weighted by Crippen LogP contribution is 2.13. The third kappa shape index (κ3) is 4.99. The maximum absolute atomic E-state index is 13.0. The smallest absolute Gasteiger partial charge is 0.305 e. The molecular weight excluding hydrogens is 403 g/mol. The van der Waals surface area contributed by atoms with E-state index < -0.39 is 4.92 Å². The Hall–Kier alpha value is -4.34. The van der Waals surface area contributed by atoms with Crippen LogP contribution in [0.1, 0.15) is 21.5 Å². The number of nitrogens with zero attached hydrogens (tertiary/aromatic N) is 5. The summed E-state index contributed by atoms with van der Waals surface area (Å²) in [5, 5.41) is 21.7. The first-order chi connectivity index (χ1) is 15.0. The minimum Gasteiger partial charge on any atom is -0.305 e. The minimum absolute atomic E-state index is 0.0742. The van der Waals surface area contributed by atoms with E-state index in [9.17, 15) is 19.3 Å². The molecule has 1 N–H and O–H groups in total. The van der Waals surface area contributed by atoms with Crippen molar-refractivity contribution >= 4 is 17.4 Å². The van der Waals surface area contributed by atoms with Crippen LogP contribution in [0, 0.1) is 15.9 Å². The van der Waals surface area contributed by atoms with Crippen molar-refractivity contribution in [2.24, 2.45) is 0 Å². The molecule has 0 saturated heterocycles. The van der Waals surface area contributed by atoms with Crippen molar-refractivity contribution in [3.8, 4) is 0 Å². The van der Waals surface area contributed by atoms with Crippen LogP contribution in [0.25, 0.3) is 0 Å². The third-order valence-corrected chi connectivity index (χ3v) is 4.53. The average molecular weight is 420 g/mol. The van der Waals surface area contributed by atoms with E-state index in [2.05, 4.69) is 15.5 Å². The van der Waals surface area contributed by atoms with Crippen molar-refractivity contribution in [3.63, 3.8) is 0 Å². The van der Waals surface area contributed by atoms with E-state index >= 15 is 0 Å². The number of aromatic nitrogens is 4. The maximum Gasteiger partial charge on any atom is 0.307 e. The molecule has 0 atom stereocenters. The van der Waals surface area contributed by atoms with Gasteiger partial charge in [-0.15, -0.1) is 0 Å². The van der Waals surface area contributed by atoms with Crippen LogP contribution in [0.5, 0.6) is 0 Å². The number of carbonyl (C=O) groups is 1. The molecule has 4 rings (SSSR count). The molecule has 156 valence electrons. The second-order valence-electron chi connectivity index (χ2n) is 6.83. The van der Waals surface area contributed by atoms with Crippen molar-refractivity contribution < 1.29 is 14.1 Å². The van der Waals surface area contributed by atoms with Gasteiger partial charge in [0.1, 0.15) is 18.2 Å². The molecule has 31 heavy (non-hydrogen) atoms. The fourth-order valence-corrected chi connectivity index (χ4v) is 2.96. The topological polar surface area (TPSA) is 108 Å². The Morgan fingerprint density at radius 1 is 1.00 bits per heavy atom. The summed E-state index contributed by atoms with van der Waals surface area (Å²) in [4.78, 5) is 22.7. The van der Waals surface area contributed by atoms with Crippen molar-refractivity contribution in [2.75, 3.05) is 5.32 Å². The number of hydrogen-bond acceptors (Lipinski definition) is 5. The summed E-state index contributed by atoms with van der Waals surface area (Å²) in [6, 6.07) is 14.7. The van der Waals surface area contributed by atoms with Crippen molar-refractivity contribution in [1.29, 1.82) is 0 Å². The molecule has 2 aromatic carbocycles. The van der Waals surface area contributed by atoms with Crippen LogP contribution in [0.2, 0.25) is 0 Å². The molecule has 9 nitrogen and oxygen atoms in total. The summed E-state index contributed by atoms with van der Waals surface area (Å²) < 4.78 is 16.1. The van der Waals surface area contributed by atoms with Gasteiger partial charge in [-0.05, 0) is 35.4 Å². The molecule has 0 bridgehead atoms. The Morgan fingerprint density at radius 2 is 1.65 bits per heavy atom. The van der Waals surface area contributed by atoms with E-state index in [0.717, 1.165) is 11.1 Å². The number of benzene rings is 2. The Labute approximate surface area is 175 Å². The molecule has 1 amide bonds. The summed E-state index contributed by atoms with van der Waals surface area (Å²) in [5.74, 6) is -0.206. The quantitative estimate of drug-likeness (QED) is 0.364. The normalized spacial score (nSPS) is 10.7. The van der Waals surface area contributed by atoms with Gasteiger partial charge in [0, 0.05) is 17.8 Å². The number of anilines is 1. The van der Waals surface area contributed by atoms with E-state index in [1.165, 1.54) is 29.2 Å². The van der Waals surface area contributed by atoms with Gasteiger partial charge in [0.2, 0.25) is 0 Å². The molecule has 0 aliphatic rings. The second-order valence-corrected chi connectivity index (χ2v) is 6.83. The minimum atomic E-state index is -0.502. The van der Waals surface area contributed by atoms with Crippen molar-refractivity contribution in [3.05, 3.63) is 106 Å². The van der Waals surface area contributed by atoms with Gasteiger partial charge in [-0.1, -0.05) is 24.3 Å². The Kier molecular flexibility index (Phi) is 5.52. The van der Waals surface area contributed by atoms with Crippen LogP contribution in [0.3, 0.4) is 0 Å². The standard InChI is InChI=1S/C21H17FN6O3/c22-18-7-3-16(4-8-18)12-26-10-9-20(25-26)24-21(29)17-5-1-15(2-6-17)13-27-14-19(11-23-27)28(30)31/h1-11,14H,12-13H2,(H,24,25,29). The predicted molar refractivity (Wildman–Crippen MR) is 110 cm³/mol. The molecule has 0 radical (unpaired) electrons. The lowest BCUT2D eigenvalue weighted by molar-refractivity contribution is -0.385. The number of rotatable bonds is 7. The van der Waals surface area contributed by atoms with Gasteiger partial charge in [0.05, 0.1) is 18.0 Å². The lowest BCUT2D eigenvalue weighted by Crippen LogP contribution is -2.13.